The summed E-state index contributed by atoms with van der Waals surface area (Å²) in [5.74, 6) is -4.75. The molecule has 1 aliphatic heterocycles. The molecule has 42 heavy (non-hydrogen) atoms. The SMILES string of the molecule is COc1c(CC(NC(=O)CCNS(C)(=O)=O)B2OC3CC4CC(C4(C)C)C3(C)O2)cc(F)c(F)c1C(=O)OC(C)(C)C. The number of benzene rings is 1. The van der Waals surface area contributed by atoms with Crippen LogP contribution in [0.15, 0.2) is 6.07 Å². The molecule has 234 valence electrons. The Balaban J connectivity index is 1.66. The summed E-state index contributed by atoms with van der Waals surface area (Å²) in [6, 6.07) is 0.913. The lowest BCUT2D eigenvalue weighted by Crippen LogP contribution is -2.65. The van der Waals surface area contributed by atoms with Crippen LogP contribution in [0.1, 0.15) is 76.7 Å². The van der Waals surface area contributed by atoms with Crippen molar-refractivity contribution in [2.24, 2.45) is 17.3 Å². The van der Waals surface area contributed by atoms with Crippen molar-refractivity contribution in [2.45, 2.75) is 90.5 Å². The van der Waals surface area contributed by atoms with Gasteiger partial charge in [0.15, 0.2) is 11.6 Å². The summed E-state index contributed by atoms with van der Waals surface area (Å²) >= 11 is 0. The zero-order chi connectivity index (χ0) is 31.4. The van der Waals surface area contributed by atoms with Crippen LogP contribution in [0.3, 0.4) is 0 Å². The monoisotopic (exact) mass is 614 g/mol. The van der Waals surface area contributed by atoms with Gasteiger partial charge >= 0.3 is 13.1 Å². The van der Waals surface area contributed by atoms with Gasteiger partial charge in [-0.15, -0.1) is 0 Å². The molecule has 1 heterocycles. The zero-order valence-electron chi connectivity index (χ0n) is 25.4. The number of hydrogen-bond acceptors (Lipinski definition) is 8. The summed E-state index contributed by atoms with van der Waals surface area (Å²) in [6.45, 7) is 11.1. The van der Waals surface area contributed by atoms with Crippen LogP contribution in [-0.2, 0) is 35.3 Å². The fourth-order valence-electron chi connectivity index (χ4n) is 6.71. The van der Waals surface area contributed by atoms with Gasteiger partial charge in [0.25, 0.3) is 0 Å². The molecular formula is C28H41BF2N2O8S. The minimum absolute atomic E-state index is 0.0607. The minimum Gasteiger partial charge on any atom is -0.495 e. The lowest BCUT2D eigenvalue weighted by molar-refractivity contribution is -0.199. The first-order valence-electron chi connectivity index (χ1n) is 14.1. The van der Waals surface area contributed by atoms with Crippen LogP contribution in [0.2, 0.25) is 0 Å². The van der Waals surface area contributed by atoms with E-state index in [4.69, 9.17) is 18.8 Å². The zero-order valence-corrected chi connectivity index (χ0v) is 26.2. The van der Waals surface area contributed by atoms with Gasteiger partial charge in [0.2, 0.25) is 15.9 Å². The van der Waals surface area contributed by atoms with Crippen molar-refractivity contribution in [3.05, 3.63) is 28.8 Å². The van der Waals surface area contributed by atoms with E-state index < -0.39 is 63.4 Å². The molecule has 10 nitrogen and oxygen atoms in total. The van der Waals surface area contributed by atoms with Crippen molar-refractivity contribution in [3.8, 4) is 5.75 Å². The fraction of sp³-hybridized carbons (Fsp3) is 0.714. The van der Waals surface area contributed by atoms with Crippen molar-refractivity contribution < 1.29 is 45.6 Å². The second kappa shape index (κ2) is 11.3. The van der Waals surface area contributed by atoms with Crippen LogP contribution in [0.4, 0.5) is 8.78 Å². The maximum Gasteiger partial charge on any atom is 0.482 e. The lowest BCUT2D eigenvalue weighted by Gasteiger charge is -2.64. The van der Waals surface area contributed by atoms with E-state index in [1.807, 2.05) is 6.92 Å². The molecule has 0 aromatic heterocycles. The first-order valence-corrected chi connectivity index (χ1v) is 16.0. The van der Waals surface area contributed by atoms with Gasteiger partial charge in [-0.1, -0.05) is 13.8 Å². The number of nitrogens with one attached hydrogen (secondary N) is 2. The number of hydrogen-bond donors (Lipinski definition) is 2. The highest BCUT2D eigenvalue weighted by Crippen LogP contribution is 2.65. The molecule has 14 heteroatoms. The van der Waals surface area contributed by atoms with Crippen molar-refractivity contribution in [1.29, 1.82) is 0 Å². The minimum atomic E-state index is -3.51. The smallest absolute Gasteiger partial charge is 0.482 e. The summed E-state index contributed by atoms with van der Waals surface area (Å²) < 4.78 is 78.7. The predicted octanol–water partition coefficient (Wildman–Crippen LogP) is 3.16. The summed E-state index contributed by atoms with van der Waals surface area (Å²) in [7, 11) is -3.24. The van der Waals surface area contributed by atoms with E-state index in [-0.39, 0.29) is 48.1 Å². The van der Waals surface area contributed by atoms with E-state index >= 15 is 0 Å². The molecule has 5 atom stereocenters. The van der Waals surface area contributed by atoms with E-state index in [0.29, 0.717) is 5.92 Å². The molecule has 1 amide bonds. The fourth-order valence-corrected chi connectivity index (χ4v) is 7.18. The Hall–Kier alpha value is -2.29. The van der Waals surface area contributed by atoms with Gasteiger partial charge in [0.1, 0.15) is 16.9 Å². The highest BCUT2D eigenvalue weighted by molar-refractivity contribution is 7.88. The van der Waals surface area contributed by atoms with Crippen molar-refractivity contribution in [3.63, 3.8) is 0 Å². The molecular weight excluding hydrogens is 573 g/mol. The number of ether oxygens (including phenoxy) is 2. The molecule has 1 aromatic rings. The van der Waals surface area contributed by atoms with E-state index in [9.17, 15) is 26.8 Å². The van der Waals surface area contributed by atoms with E-state index in [1.165, 1.54) is 7.11 Å². The average Bonchev–Trinajstić information content (AvgIpc) is 3.20. The van der Waals surface area contributed by atoms with Crippen LogP contribution in [0.25, 0.3) is 0 Å². The molecule has 0 spiro atoms. The first-order chi connectivity index (χ1) is 19.3. The van der Waals surface area contributed by atoms with Crippen LogP contribution in [0.5, 0.6) is 5.75 Å². The maximum absolute atomic E-state index is 15.0. The van der Waals surface area contributed by atoms with Gasteiger partial charge in [-0.3, -0.25) is 4.79 Å². The van der Waals surface area contributed by atoms with Crippen molar-refractivity contribution in [1.82, 2.24) is 10.0 Å². The summed E-state index contributed by atoms with van der Waals surface area (Å²) in [4.78, 5) is 25.9. The normalized spacial score (nSPS) is 27.1. The second-order valence-electron chi connectivity index (χ2n) is 13.4. The molecule has 3 saturated carbocycles. The Kier molecular flexibility index (Phi) is 8.80. The van der Waals surface area contributed by atoms with Gasteiger partial charge in [0.05, 0.1) is 31.0 Å². The number of rotatable bonds is 10. The Labute approximate surface area is 246 Å². The average molecular weight is 615 g/mol. The molecule has 5 unspecified atom stereocenters. The maximum atomic E-state index is 15.0. The standard InChI is InChI=1S/C28H41BF2N2O8S/c1-26(2,3)39-25(35)22-23(31)17(30)11-15(24(22)38-7)12-20(33-21(34)9-10-32-42(8,36)37)29-40-19-14-16-13-18(27(16,4)5)28(19,6)41-29/h11,16,18-20,32H,9-10,12-14H2,1-8H3,(H,33,34). The largest absolute Gasteiger partial charge is 0.495 e. The van der Waals surface area contributed by atoms with E-state index in [0.717, 1.165) is 25.2 Å². The number of methoxy groups -OCH3 is 1. The number of esters is 1. The van der Waals surface area contributed by atoms with Crippen molar-refractivity contribution >= 4 is 29.0 Å². The summed E-state index contributed by atoms with van der Waals surface area (Å²) in [5.41, 5.74) is -2.15. The molecule has 0 radical (unpaired) electrons. The number of carbonyl (C=O) groups is 2. The van der Waals surface area contributed by atoms with Gasteiger partial charge in [-0.2, -0.15) is 0 Å². The van der Waals surface area contributed by atoms with Crippen LogP contribution >= 0.6 is 0 Å². The molecule has 1 aromatic carbocycles. The quantitative estimate of drug-likeness (QED) is 0.304. The molecule has 2 N–H and O–H groups in total. The third-order valence-electron chi connectivity index (χ3n) is 8.86. The Morgan fingerprint density at radius 2 is 1.88 bits per heavy atom. The van der Waals surface area contributed by atoms with Crippen LogP contribution < -0.4 is 14.8 Å². The van der Waals surface area contributed by atoms with Gasteiger partial charge in [0, 0.05) is 13.0 Å². The third kappa shape index (κ3) is 6.46. The van der Waals surface area contributed by atoms with E-state index in [1.54, 1.807) is 20.8 Å². The highest BCUT2D eigenvalue weighted by Gasteiger charge is 2.68. The predicted molar refractivity (Wildman–Crippen MR) is 151 cm³/mol. The Bertz CT molecular complexity index is 1350. The molecule has 3 aliphatic carbocycles. The number of sulfonamides is 1. The third-order valence-corrected chi connectivity index (χ3v) is 9.58. The first kappa shape index (κ1) is 32.6. The van der Waals surface area contributed by atoms with Crippen LogP contribution in [-0.4, -0.2) is 70.6 Å². The topological polar surface area (TPSA) is 129 Å². The van der Waals surface area contributed by atoms with Crippen molar-refractivity contribution in [2.75, 3.05) is 19.9 Å². The second-order valence-corrected chi connectivity index (χ2v) is 15.2. The van der Waals surface area contributed by atoms with Gasteiger partial charge in [-0.25, -0.2) is 26.7 Å². The molecule has 2 bridgehead atoms. The number of carbonyl (C=O) groups excluding carboxylic acids is 2. The van der Waals surface area contributed by atoms with E-state index in [2.05, 4.69) is 23.9 Å². The highest BCUT2D eigenvalue weighted by atomic mass is 32.2. The molecule has 4 aliphatic rings. The summed E-state index contributed by atoms with van der Waals surface area (Å²) in [5, 5.41) is 2.83. The van der Waals surface area contributed by atoms with Crippen LogP contribution in [0, 0.1) is 28.9 Å². The van der Waals surface area contributed by atoms with Gasteiger partial charge < -0.3 is 24.1 Å². The lowest BCUT2D eigenvalue weighted by atomic mass is 9.43. The Morgan fingerprint density at radius 1 is 1.21 bits per heavy atom. The summed E-state index contributed by atoms with van der Waals surface area (Å²) in [6.07, 6.45) is 2.21. The number of halogens is 2. The molecule has 5 rings (SSSR count). The Morgan fingerprint density at radius 3 is 2.45 bits per heavy atom. The number of amides is 1. The van der Waals surface area contributed by atoms with Gasteiger partial charge in [-0.05, 0) is 75.8 Å². The molecule has 1 saturated heterocycles. The molecule has 4 fully saturated rings.